The van der Waals surface area contributed by atoms with Crippen LogP contribution in [0.3, 0.4) is 0 Å². The van der Waals surface area contributed by atoms with Crippen molar-refractivity contribution in [3.8, 4) is 0 Å². The quantitative estimate of drug-likeness (QED) is 0.947. The van der Waals surface area contributed by atoms with Crippen molar-refractivity contribution < 1.29 is 8.42 Å². The van der Waals surface area contributed by atoms with Gasteiger partial charge in [0.05, 0.1) is 17.4 Å². The third kappa shape index (κ3) is 2.10. The normalized spacial score (nSPS) is 20.6. The Kier molecular flexibility index (Phi) is 3.43. The highest BCUT2D eigenvalue weighted by Crippen LogP contribution is 2.39. The summed E-state index contributed by atoms with van der Waals surface area (Å²) in [4.78, 5) is 1.45. The average Bonchev–Trinajstić information content (AvgIpc) is 3.08. The molecule has 1 aliphatic rings. The number of aromatic nitrogens is 2. The van der Waals surface area contributed by atoms with Crippen molar-refractivity contribution in [2.75, 3.05) is 6.54 Å². The predicted molar refractivity (Wildman–Crippen MR) is 78.2 cm³/mol. The number of nitrogens with one attached hydrogen (secondary N) is 1. The molecule has 1 N–H and O–H groups in total. The van der Waals surface area contributed by atoms with Gasteiger partial charge in [-0.15, -0.1) is 11.3 Å². The molecule has 1 fully saturated rings. The van der Waals surface area contributed by atoms with E-state index in [2.05, 4.69) is 10.2 Å². The number of thiophene rings is 1. The molecular formula is C13H17N3O2S2. The maximum atomic E-state index is 12.9. The van der Waals surface area contributed by atoms with E-state index in [1.807, 2.05) is 17.5 Å². The fraction of sp³-hybridized carbons (Fsp3) is 0.462. The van der Waals surface area contributed by atoms with Gasteiger partial charge in [0.2, 0.25) is 10.0 Å². The molecular weight excluding hydrogens is 294 g/mol. The van der Waals surface area contributed by atoms with Crippen LogP contribution in [0, 0.1) is 13.8 Å². The number of aromatic amines is 1. The Morgan fingerprint density at radius 3 is 2.85 bits per heavy atom. The zero-order chi connectivity index (χ0) is 14.3. The molecule has 0 radical (unpaired) electrons. The van der Waals surface area contributed by atoms with Crippen LogP contribution in [0.25, 0.3) is 0 Å². The molecule has 0 aliphatic carbocycles. The molecule has 2 aromatic heterocycles. The molecule has 0 spiro atoms. The Hall–Kier alpha value is -1.18. The van der Waals surface area contributed by atoms with E-state index < -0.39 is 10.0 Å². The summed E-state index contributed by atoms with van der Waals surface area (Å²) in [7, 11) is -3.49. The van der Waals surface area contributed by atoms with E-state index in [9.17, 15) is 8.42 Å². The lowest BCUT2D eigenvalue weighted by Gasteiger charge is -2.23. The van der Waals surface area contributed by atoms with Gasteiger partial charge in [-0.2, -0.15) is 9.40 Å². The highest BCUT2D eigenvalue weighted by atomic mass is 32.2. The third-order valence-electron chi connectivity index (χ3n) is 3.70. The van der Waals surface area contributed by atoms with E-state index in [-0.39, 0.29) is 6.04 Å². The van der Waals surface area contributed by atoms with Crippen molar-refractivity contribution in [1.29, 1.82) is 0 Å². The van der Waals surface area contributed by atoms with E-state index in [0.717, 1.165) is 17.7 Å². The van der Waals surface area contributed by atoms with E-state index in [1.54, 1.807) is 29.5 Å². The topological polar surface area (TPSA) is 66.1 Å². The second-order valence-electron chi connectivity index (χ2n) is 5.05. The molecule has 7 heteroatoms. The molecule has 0 saturated carbocycles. The van der Waals surface area contributed by atoms with Gasteiger partial charge in [-0.25, -0.2) is 8.42 Å². The van der Waals surface area contributed by atoms with Crippen LogP contribution in [0.2, 0.25) is 0 Å². The first-order valence-corrected chi connectivity index (χ1v) is 8.90. The van der Waals surface area contributed by atoms with Gasteiger partial charge >= 0.3 is 0 Å². The van der Waals surface area contributed by atoms with Crippen LogP contribution < -0.4 is 0 Å². The van der Waals surface area contributed by atoms with Crippen LogP contribution >= 0.6 is 11.3 Å². The number of hydrogen-bond donors (Lipinski definition) is 1. The molecule has 3 heterocycles. The van der Waals surface area contributed by atoms with Gasteiger partial charge in [-0.3, -0.25) is 5.10 Å². The van der Waals surface area contributed by atoms with Crippen LogP contribution in [-0.4, -0.2) is 29.5 Å². The summed E-state index contributed by atoms with van der Waals surface area (Å²) in [6.07, 6.45) is 1.79. The van der Waals surface area contributed by atoms with Gasteiger partial charge in [0.1, 0.15) is 4.90 Å². The molecule has 5 nitrogen and oxygen atoms in total. The van der Waals surface area contributed by atoms with Crippen LogP contribution in [-0.2, 0) is 10.0 Å². The monoisotopic (exact) mass is 311 g/mol. The predicted octanol–water partition coefficient (Wildman–Crippen LogP) is 2.61. The number of sulfonamides is 1. The van der Waals surface area contributed by atoms with Crippen molar-refractivity contribution >= 4 is 21.4 Å². The van der Waals surface area contributed by atoms with Crippen LogP contribution in [0.4, 0.5) is 0 Å². The zero-order valence-corrected chi connectivity index (χ0v) is 13.1. The molecule has 1 aliphatic heterocycles. The maximum absolute atomic E-state index is 12.9. The number of hydrogen-bond acceptors (Lipinski definition) is 4. The summed E-state index contributed by atoms with van der Waals surface area (Å²) in [6, 6.07) is 3.95. The summed E-state index contributed by atoms with van der Waals surface area (Å²) < 4.78 is 27.5. The molecule has 1 atom stereocenters. The first-order valence-electron chi connectivity index (χ1n) is 6.58. The SMILES string of the molecule is Cc1n[nH]c(C)c1S(=O)(=O)N1CCCC1c1cccs1. The van der Waals surface area contributed by atoms with Gasteiger partial charge in [0.25, 0.3) is 0 Å². The van der Waals surface area contributed by atoms with Gasteiger partial charge < -0.3 is 0 Å². The lowest BCUT2D eigenvalue weighted by Crippen LogP contribution is -2.31. The number of nitrogens with zero attached hydrogens (tertiary/aromatic N) is 2. The molecule has 2 aromatic rings. The van der Waals surface area contributed by atoms with Gasteiger partial charge in [-0.1, -0.05) is 6.07 Å². The van der Waals surface area contributed by atoms with Crippen LogP contribution in [0.15, 0.2) is 22.4 Å². The van der Waals surface area contributed by atoms with Gasteiger partial charge in [0, 0.05) is 11.4 Å². The van der Waals surface area contributed by atoms with Crippen molar-refractivity contribution in [2.24, 2.45) is 0 Å². The summed E-state index contributed by atoms with van der Waals surface area (Å²) in [6.45, 7) is 4.06. The Morgan fingerprint density at radius 1 is 1.45 bits per heavy atom. The maximum Gasteiger partial charge on any atom is 0.247 e. The summed E-state index contributed by atoms with van der Waals surface area (Å²) in [5.41, 5.74) is 1.15. The fourth-order valence-electron chi connectivity index (χ4n) is 2.83. The second-order valence-corrected chi connectivity index (χ2v) is 7.86. The van der Waals surface area contributed by atoms with E-state index >= 15 is 0 Å². The average molecular weight is 311 g/mol. The lowest BCUT2D eigenvalue weighted by molar-refractivity contribution is 0.400. The number of rotatable bonds is 3. The highest BCUT2D eigenvalue weighted by molar-refractivity contribution is 7.89. The molecule has 0 aromatic carbocycles. The largest absolute Gasteiger partial charge is 0.281 e. The Morgan fingerprint density at radius 2 is 2.25 bits per heavy atom. The van der Waals surface area contributed by atoms with Gasteiger partial charge in [-0.05, 0) is 38.1 Å². The summed E-state index contributed by atoms with van der Waals surface area (Å²) in [5.74, 6) is 0. The van der Waals surface area contributed by atoms with Crippen molar-refractivity contribution in [1.82, 2.24) is 14.5 Å². The summed E-state index contributed by atoms with van der Waals surface area (Å²) in [5, 5.41) is 8.77. The molecule has 0 bridgehead atoms. The third-order valence-corrected chi connectivity index (χ3v) is 6.85. The van der Waals surface area contributed by atoms with Crippen molar-refractivity contribution in [3.05, 3.63) is 33.8 Å². The fourth-order valence-corrected chi connectivity index (χ4v) is 5.78. The van der Waals surface area contributed by atoms with Crippen molar-refractivity contribution in [2.45, 2.75) is 37.6 Å². The Labute approximate surface area is 122 Å². The van der Waals surface area contributed by atoms with Crippen molar-refractivity contribution in [3.63, 3.8) is 0 Å². The molecule has 1 unspecified atom stereocenters. The molecule has 108 valence electrons. The number of H-pyrrole nitrogens is 1. The van der Waals surface area contributed by atoms with Crippen LogP contribution in [0.5, 0.6) is 0 Å². The minimum atomic E-state index is -3.49. The van der Waals surface area contributed by atoms with Crippen LogP contribution in [0.1, 0.15) is 35.1 Å². The van der Waals surface area contributed by atoms with Gasteiger partial charge in [0.15, 0.2) is 0 Å². The highest BCUT2D eigenvalue weighted by Gasteiger charge is 2.38. The van der Waals surface area contributed by atoms with E-state index in [0.29, 0.717) is 22.8 Å². The number of aryl methyl sites for hydroxylation is 2. The Balaban J connectivity index is 2.03. The first kappa shape index (κ1) is 13.8. The summed E-state index contributed by atoms with van der Waals surface area (Å²) >= 11 is 1.62. The van der Waals surface area contributed by atoms with E-state index in [4.69, 9.17) is 0 Å². The molecule has 0 amide bonds. The molecule has 3 rings (SSSR count). The van der Waals surface area contributed by atoms with E-state index in [1.165, 1.54) is 0 Å². The Bertz CT molecular complexity index is 685. The standard InChI is InChI=1S/C13H17N3O2S2/c1-9-13(10(2)15-14-9)20(17,18)16-7-3-5-11(16)12-6-4-8-19-12/h4,6,8,11H,3,5,7H2,1-2H3,(H,14,15). The second kappa shape index (κ2) is 4.98. The minimum absolute atomic E-state index is 0.0336. The first-order chi connectivity index (χ1) is 9.51. The molecule has 20 heavy (non-hydrogen) atoms. The minimum Gasteiger partial charge on any atom is -0.281 e. The lowest BCUT2D eigenvalue weighted by atomic mass is 10.2. The smallest absolute Gasteiger partial charge is 0.247 e. The zero-order valence-electron chi connectivity index (χ0n) is 11.5. The molecule has 1 saturated heterocycles.